The Bertz CT molecular complexity index is 878. The van der Waals surface area contributed by atoms with Crippen LogP contribution in [0.5, 0.6) is 0 Å². The van der Waals surface area contributed by atoms with Gasteiger partial charge in [0, 0.05) is 37.7 Å². The van der Waals surface area contributed by atoms with E-state index in [1.54, 1.807) is 0 Å². The predicted octanol–water partition coefficient (Wildman–Crippen LogP) is 2.91. The lowest BCUT2D eigenvalue weighted by Gasteiger charge is -2.39. The molecule has 4 rings (SSSR count). The van der Waals surface area contributed by atoms with Crippen LogP contribution < -0.4 is 0 Å². The average Bonchev–Trinajstić information content (AvgIpc) is 3.08. The predicted molar refractivity (Wildman–Crippen MR) is 114 cm³/mol. The number of carbonyl (C=O) groups is 1. The fourth-order valence-electron chi connectivity index (χ4n) is 4.31. The standard InChI is InChI=1S/C21H29N5O2S/c1-15-12-25(13-16(2)28-15)20(27)18-8-10-24(11-9-18)14-26-21(29)22-19(23-26)17-6-4-3-5-7-17/h3-7,15-16,18H,8-14H2,1-2H3,(H,22,23,29). The number of rotatable bonds is 4. The van der Waals surface area contributed by atoms with Crippen molar-refractivity contribution in [3.63, 3.8) is 0 Å². The van der Waals surface area contributed by atoms with Crippen LogP contribution in [0.15, 0.2) is 30.3 Å². The molecule has 0 saturated carbocycles. The molecule has 0 radical (unpaired) electrons. The molecule has 1 amide bonds. The number of nitrogens with one attached hydrogen (secondary N) is 1. The Morgan fingerprint density at radius 2 is 1.83 bits per heavy atom. The van der Waals surface area contributed by atoms with Gasteiger partial charge in [0.15, 0.2) is 5.82 Å². The number of benzene rings is 1. The number of H-pyrrole nitrogens is 1. The van der Waals surface area contributed by atoms with E-state index >= 15 is 0 Å². The van der Waals surface area contributed by atoms with E-state index in [0.29, 0.717) is 24.5 Å². The number of piperidine rings is 1. The van der Waals surface area contributed by atoms with Crippen molar-refractivity contribution in [1.82, 2.24) is 24.6 Å². The second-order valence-electron chi connectivity index (χ2n) is 8.18. The number of likely N-dealkylation sites (tertiary alicyclic amines) is 1. The molecule has 3 heterocycles. The number of carbonyl (C=O) groups excluding carboxylic acids is 1. The molecule has 2 aliphatic rings. The van der Waals surface area contributed by atoms with Gasteiger partial charge in [0.25, 0.3) is 0 Å². The first-order chi connectivity index (χ1) is 14.0. The normalized spacial score (nSPS) is 24.0. The summed E-state index contributed by atoms with van der Waals surface area (Å²) in [7, 11) is 0. The zero-order valence-electron chi connectivity index (χ0n) is 17.1. The molecule has 7 nitrogen and oxygen atoms in total. The van der Waals surface area contributed by atoms with Crippen molar-refractivity contribution in [2.75, 3.05) is 26.2 Å². The Hall–Kier alpha value is -2.03. The third-order valence-electron chi connectivity index (χ3n) is 5.74. The summed E-state index contributed by atoms with van der Waals surface area (Å²) in [6.45, 7) is 7.92. The van der Waals surface area contributed by atoms with E-state index in [0.717, 1.165) is 37.3 Å². The van der Waals surface area contributed by atoms with Gasteiger partial charge in [-0.05, 0) is 38.9 Å². The van der Waals surface area contributed by atoms with Gasteiger partial charge in [-0.3, -0.25) is 14.8 Å². The van der Waals surface area contributed by atoms with Crippen LogP contribution in [0.25, 0.3) is 11.4 Å². The second-order valence-corrected chi connectivity index (χ2v) is 8.55. The molecule has 2 atom stereocenters. The Kier molecular flexibility index (Phi) is 6.12. The summed E-state index contributed by atoms with van der Waals surface area (Å²) in [6, 6.07) is 10.00. The third-order valence-corrected chi connectivity index (χ3v) is 6.05. The number of nitrogens with zero attached hydrogens (tertiary/aromatic N) is 4. The summed E-state index contributed by atoms with van der Waals surface area (Å²) in [5, 5.41) is 3.31. The Morgan fingerprint density at radius 1 is 1.17 bits per heavy atom. The smallest absolute Gasteiger partial charge is 0.225 e. The maximum atomic E-state index is 12.9. The van der Waals surface area contributed by atoms with Crippen LogP contribution in [0, 0.1) is 10.7 Å². The highest BCUT2D eigenvalue weighted by Gasteiger charge is 2.32. The fraction of sp³-hybridized carbons (Fsp3) is 0.571. The molecule has 1 aromatic carbocycles. The van der Waals surface area contributed by atoms with Gasteiger partial charge in [-0.15, -0.1) is 0 Å². The maximum Gasteiger partial charge on any atom is 0.225 e. The van der Waals surface area contributed by atoms with Crippen LogP contribution in [-0.2, 0) is 16.2 Å². The van der Waals surface area contributed by atoms with E-state index in [1.165, 1.54) is 0 Å². The number of ether oxygens (including phenoxy) is 1. The molecular formula is C21H29N5O2S. The van der Waals surface area contributed by atoms with Gasteiger partial charge < -0.3 is 9.64 Å². The van der Waals surface area contributed by atoms with Crippen molar-refractivity contribution >= 4 is 18.1 Å². The van der Waals surface area contributed by atoms with Crippen molar-refractivity contribution < 1.29 is 9.53 Å². The minimum atomic E-state index is 0.110. The van der Waals surface area contributed by atoms with Gasteiger partial charge in [-0.2, -0.15) is 4.98 Å². The van der Waals surface area contributed by atoms with Crippen molar-refractivity contribution in [2.24, 2.45) is 5.92 Å². The lowest BCUT2D eigenvalue weighted by atomic mass is 9.95. The van der Waals surface area contributed by atoms with Crippen LogP contribution >= 0.6 is 12.2 Å². The van der Waals surface area contributed by atoms with E-state index in [1.807, 2.05) is 53.8 Å². The molecule has 156 valence electrons. The minimum absolute atomic E-state index is 0.110. The minimum Gasteiger partial charge on any atom is -0.372 e. The summed E-state index contributed by atoms with van der Waals surface area (Å²) in [4.78, 5) is 21.8. The van der Waals surface area contributed by atoms with Crippen LogP contribution in [0.4, 0.5) is 0 Å². The molecule has 8 heteroatoms. The number of hydrogen-bond donors (Lipinski definition) is 1. The molecular weight excluding hydrogens is 386 g/mol. The Morgan fingerprint density at radius 3 is 2.48 bits per heavy atom. The summed E-state index contributed by atoms with van der Waals surface area (Å²) in [6.07, 6.45) is 1.99. The van der Waals surface area contributed by atoms with Gasteiger partial charge in [0.1, 0.15) is 0 Å². The van der Waals surface area contributed by atoms with Crippen molar-refractivity contribution in [2.45, 2.75) is 45.6 Å². The van der Waals surface area contributed by atoms with Crippen LogP contribution in [0.1, 0.15) is 26.7 Å². The molecule has 2 unspecified atom stereocenters. The summed E-state index contributed by atoms with van der Waals surface area (Å²) in [5.74, 6) is 1.19. The maximum absolute atomic E-state index is 12.9. The molecule has 2 aliphatic heterocycles. The number of aromatic amines is 1. The van der Waals surface area contributed by atoms with E-state index in [9.17, 15) is 4.79 Å². The monoisotopic (exact) mass is 415 g/mol. The van der Waals surface area contributed by atoms with Gasteiger partial charge in [-0.1, -0.05) is 30.3 Å². The van der Waals surface area contributed by atoms with Crippen LogP contribution in [-0.4, -0.2) is 68.9 Å². The van der Waals surface area contributed by atoms with E-state index in [-0.39, 0.29) is 24.0 Å². The Labute approximate surface area is 176 Å². The van der Waals surface area contributed by atoms with Crippen molar-refractivity contribution in [3.8, 4) is 11.4 Å². The molecule has 29 heavy (non-hydrogen) atoms. The first kappa shape index (κ1) is 20.3. The van der Waals surface area contributed by atoms with E-state index in [4.69, 9.17) is 17.0 Å². The molecule has 0 aliphatic carbocycles. The van der Waals surface area contributed by atoms with Gasteiger partial charge in [-0.25, -0.2) is 4.68 Å². The van der Waals surface area contributed by atoms with Crippen LogP contribution in [0.2, 0.25) is 0 Å². The van der Waals surface area contributed by atoms with E-state index < -0.39 is 0 Å². The average molecular weight is 416 g/mol. The largest absolute Gasteiger partial charge is 0.372 e. The van der Waals surface area contributed by atoms with Gasteiger partial charge >= 0.3 is 0 Å². The van der Waals surface area contributed by atoms with Crippen LogP contribution in [0.3, 0.4) is 0 Å². The zero-order valence-corrected chi connectivity index (χ0v) is 17.9. The number of hydrogen-bond acceptors (Lipinski definition) is 5. The highest BCUT2D eigenvalue weighted by atomic mass is 32.1. The number of amides is 1. The fourth-order valence-corrected chi connectivity index (χ4v) is 4.51. The summed E-state index contributed by atoms with van der Waals surface area (Å²) in [5.41, 5.74) is 1.02. The molecule has 0 bridgehead atoms. The molecule has 2 aromatic rings. The lowest BCUT2D eigenvalue weighted by Crippen LogP contribution is -2.51. The quantitative estimate of drug-likeness (QED) is 0.778. The third kappa shape index (κ3) is 4.76. The highest BCUT2D eigenvalue weighted by molar-refractivity contribution is 7.71. The molecule has 1 N–H and O–H groups in total. The lowest BCUT2D eigenvalue weighted by molar-refractivity contribution is -0.149. The second kappa shape index (κ2) is 8.77. The van der Waals surface area contributed by atoms with Gasteiger partial charge in [0.2, 0.25) is 10.7 Å². The Balaban J connectivity index is 1.33. The van der Waals surface area contributed by atoms with Crippen molar-refractivity contribution in [3.05, 3.63) is 35.1 Å². The van der Waals surface area contributed by atoms with Gasteiger partial charge in [0.05, 0.1) is 18.9 Å². The first-order valence-corrected chi connectivity index (χ1v) is 10.8. The first-order valence-electron chi connectivity index (χ1n) is 10.4. The van der Waals surface area contributed by atoms with Crippen molar-refractivity contribution in [1.29, 1.82) is 0 Å². The molecule has 1 aromatic heterocycles. The summed E-state index contributed by atoms with van der Waals surface area (Å²) < 4.78 is 8.22. The summed E-state index contributed by atoms with van der Waals surface area (Å²) >= 11 is 5.43. The number of aromatic nitrogens is 3. The molecule has 0 spiro atoms. The molecule has 2 saturated heterocycles. The number of morpholine rings is 1. The topological polar surface area (TPSA) is 66.4 Å². The SMILES string of the molecule is CC1CN(C(=O)C2CCN(Cn3[nH]c(-c4ccccc4)nc3=S)CC2)CC(C)O1. The zero-order chi connectivity index (χ0) is 20.4. The van der Waals surface area contributed by atoms with E-state index in [2.05, 4.69) is 15.0 Å². The highest BCUT2D eigenvalue weighted by Crippen LogP contribution is 2.23. The molecule has 2 fully saturated rings.